The van der Waals surface area contributed by atoms with Crippen LogP contribution in [0, 0.1) is 10.1 Å². The topological polar surface area (TPSA) is 116 Å². The molecular weight excluding hydrogens is 365 g/mol. The summed E-state index contributed by atoms with van der Waals surface area (Å²) >= 11 is 0. The Bertz CT molecular complexity index is 784. The van der Waals surface area contributed by atoms with Crippen LogP contribution in [-0.2, 0) is 10.0 Å². The van der Waals surface area contributed by atoms with Gasteiger partial charge in [-0.25, -0.2) is 17.9 Å². The number of nitro benzene ring substituents is 1. The molecule has 1 aliphatic heterocycles. The number of rotatable bonds is 5. The summed E-state index contributed by atoms with van der Waals surface area (Å²) in [5.41, 5.74) is -2.20. The molecule has 1 saturated heterocycles. The van der Waals surface area contributed by atoms with Crippen molar-refractivity contribution in [1.29, 1.82) is 0 Å². The van der Waals surface area contributed by atoms with Crippen LogP contribution in [0.3, 0.4) is 0 Å². The third-order valence-electron chi connectivity index (χ3n) is 4.55. The zero-order chi connectivity index (χ0) is 19.8. The molecule has 10 heteroatoms. The molecule has 0 atom stereocenters. The van der Waals surface area contributed by atoms with Crippen LogP contribution in [0.15, 0.2) is 23.1 Å². The van der Waals surface area contributed by atoms with E-state index in [4.69, 9.17) is 9.88 Å². The van der Waals surface area contributed by atoms with Crippen molar-refractivity contribution in [3.8, 4) is 5.75 Å². The summed E-state index contributed by atoms with van der Waals surface area (Å²) in [4.78, 5) is 12.2. The monoisotopic (exact) mass is 389 g/mol. The van der Waals surface area contributed by atoms with Gasteiger partial charge in [-0.3, -0.25) is 15.0 Å². The van der Waals surface area contributed by atoms with Gasteiger partial charge >= 0.3 is 5.69 Å². The number of likely N-dealkylation sites (tertiary alicyclic amines) is 1. The Balaban J connectivity index is 2.11. The Labute approximate surface area is 152 Å². The maximum absolute atomic E-state index is 15.0. The second-order valence-electron chi connectivity index (χ2n) is 7.53. The average molecular weight is 389 g/mol. The Kier molecular flexibility index (Phi) is 5.60. The van der Waals surface area contributed by atoms with E-state index in [1.54, 1.807) is 0 Å². The summed E-state index contributed by atoms with van der Waals surface area (Å²) in [6, 6.07) is 3.05. The molecule has 0 aromatic heterocycles. The summed E-state index contributed by atoms with van der Waals surface area (Å²) in [6.07, 6.45) is 0.515. The molecule has 0 radical (unpaired) electrons. The number of ether oxygens (including phenoxy) is 1. The van der Waals surface area contributed by atoms with E-state index in [-0.39, 0.29) is 30.7 Å². The molecule has 2 N–H and O–H groups in total. The molecule has 26 heavy (non-hydrogen) atoms. The highest BCUT2D eigenvalue weighted by molar-refractivity contribution is 7.89. The van der Waals surface area contributed by atoms with Gasteiger partial charge in [0.05, 0.1) is 9.82 Å². The lowest BCUT2D eigenvalue weighted by atomic mass is 9.91. The van der Waals surface area contributed by atoms with Gasteiger partial charge in [0.1, 0.15) is 12.3 Å². The maximum Gasteiger partial charge on any atom is 0.312 e. The summed E-state index contributed by atoms with van der Waals surface area (Å²) in [7, 11) is -4.08. The second-order valence-corrected chi connectivity index (χ2v) is 9.09. The number of alkyl halides is 1. The second kappa shape index (κ2) is 7.09. The lowest BCUT2D eigenvalue weighted by Gasteiger charge is -2.43. The van der Waals surface area contributed by atoms with Gasteiger partial charge in [0, 0.05) is 24.7 Å². The first-order chi connectivity index (χ1) is 11.8. The van der Waals surface area contributed by atoms with Crippen molar-refractivity contribution < 1.29 is 22.5 Å². The molecule has 2 rings (SSSR count). The largest absolute Gasteiger partial charge is 0.483 e. The summed E-state index contributed by atoms with van der Waals surface area (Å²) in [5.74, 6) is -0.183. The van der Waals surface area contributed by atoms with E-state index >= 15 is 0 Å². The minimum absolute atomic E-state index is 0.0511. The van der Waals surface area contributed by atoms with Crippen molar-refractivity contribution in [3.63, 3.8) is 0 Å². The fraction of sp³-hybridized carbons (Fsp3) is 0.625. The molecule has 8 nitrogen and oxygen atoms in total. The van der Waals surface area contributed by atoms with Crippen molar-refractivity contribution in [2.75, 3.05) is 19.7 Å². The first-order valence-corrected chi connectivity index (χ1v) is 9.74. The lowest BCUT2D eigenvalue weighted by Crippen LogP contribution is -2.51. The number of hydrogen-bond acceptors (Lipinski definition) is 6. The number of nitro groups is 1. The molecule has 1 heterocycles. The molecule has 1 aromatic carbocycles. The number of primary sulfonamides is 1. The number of piperidine rings is 1. The van der Waals surface area contributed by atoms with Crippen molar-refractivity contribution in [3.05, 3.63) is 28.3 Å². The molecule has 0 unspecified atom stereocenters. The molecular formula is C16H24FN3O5S. The Hall–Kier alpha value is -1.78. The lowest BCUT2D eigenvalue weighted by molar-refractivity contribution is -0.386. The molecule has 0 amide bonds. The van der Waals surface area contributed by atoms with Crippen LogP contribution in [0.25, 0.3) is 0 Å². The predicted octanol–water partition coefficient (Wildman–Crippen LogP) is 2.22. The van der Waals surface area contributed by atoms with Crippen molar-refractivity contribution in [1.82, 2.24) is 4.90 Å². The van der Waals surface area contributed by atoms with Gasteiger partial charge in [-0.1, -0.05) is 0 Å². The fourth-order valence-electron chi connectivity index (χ4n) is 2.87. The van der Waals surface area contributed by atoms with Gasteiger partial charge in [-0.15, -0.1) is 0 Å². The SMILES string of the molecule is CC(C)(C)N1CCC(F)(COc2ccc(S(N)(=O)=O)cc2[N+](=O)[O-])CC1. The molecule has 0 aliphatic carbocycles. The summed E-state index contributed by atoms with van der Waals surface area (Å²) < 4.78 is 43.0. The van der Waals surface area contributed by atoms with Crippen LogP contribution in [0.1, 0.15) is 33.6 Å². The number of halogens is 1. The molecule has 1 aliphatic rings. The van der Waals surface area contributed by atoms with E-state index in [1.165, 1.54) is 0 Å². The van der Waals surface area contributed by atoms with Crippen molar-refractivity contribution >= 4 is 15.7 Å². The van der Waals surface area contributed by atoms with E-state index in [9.17, 15) is 22.9 Å². The third kappa shape index (κ3) is 4.89. The van der Waals surface area contributed by atoms with E-state index in [2.05, 4.69) is 25.7 Å². The Morgan fingerprint density at radius 1 is 1.35 bits per heavy atom. The third-order valence-corrected chi connectivity index (χ3v) is 5.46. The normalized spacial score (nSPS) is 18.5. The zero-order valence-electron chi connectivity index (χ0n) is 15.1. The van der Waals surface area contributed by atoms with Gasteiger partial charge in [0.15, 0.2) is 5.75 Å². The van der Waals surface area contributed by atoms with Crippen molar-refractivity contribution in [2.45, 2.75) is 49.7 Å². The number of nitrogens with zero attached hydrogens (tertiary/aromatic N) is 2. The smallest absolute Gasteiger partial charge is 0.312 e. The van der Waals surface area contributed by atoms with E-state index in [1.807, 2.05) is 0 Å². The highest BCUT2D eigenvalue weighted by Crippen LogP contribution is 2.34. The van der Waals surface area contributed by atoms with Crippen LogP contribution < -0.4 is 9.88 Å². The van der Waals surface area contributed by atoms with Gasteiger partial charge in [0.25, 0.3) is 0 Å². The highest BCUT2D eigenvalue weighted by Gasteiger charge is 2.38. The highest BCUT2D eigenvalue weighted by atomic mass is 32.2. The first kappa shape index (κ1) is 20.5. The Morgan fingerprint density at radius 3 is 2.38 bits per heavy atom. The number of sulfonamides is 1. The fourth-order valence-corrected chi connectivity index (χ4v) is 3.40. The van der Waals surface area contributed by atoms with Crippen LogP contribution >= 0.6 is 0 Å². The minimum atomic E-state index is -4.08. The van der Waals surface area contributed by atoms with Gasteiger partial charge < -0.3 is 4.74 Å². The van der Waals surface area contributed by atoms with Crippen LogP contribution in [0.2, 0.25) is 0 Å². The molecule has 1 fully saturated rings. The first-order valence-electron chi connectivity index (χ1n) is 8.20. The van der Waals surface area contributed by atoms with E-state index < -0.39 is 31.2 Å². The molecule has 0 bridgehead atoms. The molecule has 1 aromatic rings. The van der Waals surface area contributed by atoms with Gasteiger partial charge in [-0.2, -0.15) is 0 Å². The maximum atomic E-state index is 15.0. The molecule has 146 valence electrons. The quantitative estimate of drug-likeness (QED) is 0.610. The van der Waals surface area contributed by atoms with Crippen LogP contribution in [0.4, 0.5) is 10.1 Å². The van der Waals surface area contributed by atoms with Gasteiger partial charge in [0.2, 0.25) is 10.0 Å². The van der Waals surface area contributed by atoms with Crippen LogP contribution in [0.5, 0.6) is 5.75 Å². The number of nitrogens with two attached hydrogens (primary N) is 1. The zero-order valence-corrected chi connectivity index (χ0v) is 15.9. The van der Waals surface area contributed by atoms with E-state index in [0.29, 0.717) is 13.1 Å². The van der Waals surface area contributed by atoms with Crippen LogP contribution in [-0.4, -0.2) is 49.1 Å². The average Bonchev–Trinajstić information content (AvgIpc) is 2.51. The number of benzene rings is 1. The summed E-state index contributed by atoms with van der Waals surface area (Å²) in [5, 5.41) is 16.2. The van der Waals surface area contributed by atoms with Gasteiger partial charge in [-0.05, 0) is 45.7 Å². The van der Waals surface area contributed by atoms with Crippen molar-refractivity contribution in [2.24, 2.45) is 5.14 Å². The molecule has 0 saturated carbocycles. The molecule has 0 spiro atoms. The van der Waals surface area contributed by atoms with E-state index in [0.717, 1.165) is 18.2 Å². The predicted molar refractivity (Wildman–Crippen MR) is 94.4 cm³/mol. The summed E-state index contributed by atoms with van der Waals surface area (Å²) in [6.45, 7) is 6.98. The Morgan fingerprint density at radius 2 is 1.92 bits per heavy atom. The standard InChI is InChI=1S/C16H24FN3O5S/c1-15(2,3)19-8-6-16(17,7-9-19)11-25-14-5-4-12(26(18,23)24)10-13(14)20(21)22/h4-5,10H,6-9,11H2,1-3H3,(H2,18,23,24). The number of hydrogen-bond donors (Lipinski definition) is 1. The minimum Gasteiger partial charge on any atom is -0.483 e.